The van der Waals surface area contributed by atoms with Gasteiger partial charge >= 0.3 is 0 Å². The van der Waals surface area contributed by atoms with E-state index in [9.17, 15) is 13.2 Å². The summed E-state index contributed by atoms with van der Waals surface area (Å²) in [5, 5.41) is 2.63. The Labute approximate surface area is 141 Å². The van der Waals surface area contributed by atoms with E-state index >= 15 is 0 Å². The molecule has 0 unspecified atom stereocenters. The third kappa shape index (κ3) is 4.30. The number of ether oxygens (including phenoxy) is 1. The molecule has 24 heavy (non-hydrogen) atoms. The van der Waals surface area contributed by atoms with Gasteiger partial charge in [0.05, 0.1) is 17.6 Å². The quantitative estimate of drug-likeness (QED) is 0.786. The first kappa shape index (κ1) is 17.9. The maximum absolute atomic E-state index is 12.4. The van der Waals surface area contributed by atoms with Gasteiger partial charge < -0.3 is 10.1 Å². The molecular formula is C16H19N3O4S. The fourth-order valence-electron chi connectivity index (χ4n) is 2.05. The number of aromatic nitrogens is 1. The predicted octanol–water partition coefficient (Wildman–Crippen LogP) is 1.32. The first-order valence-electron chi connectivity index (χ1n) is 7.32. The van der Waals surface area contributed by atoms with Gasteiger partial charge in [0, 0.05) is 25.5 Å². The first-order valence-corrected chi connectivity index (χ1v) is 8.81. The zero-order chi connectivity index (χ0) is 17.6. The Balaban J connectivity index is 2.26. The van der Waals surface area contributed by atoms with Crippen molar-refractivity contribution in [1.29, 1.82) is 0 Å². The highest BCUT2D eigenvalue weighted by atomic mass is 32.2. The highest BCUT2D eigenvalue weighted by molar-refractivity contribution is 7.89. The Hall–Kier alpha value is -2.45. The second-order valence-electron chi connectivity index (χ2n) is 4.90. The minimum absolute atomic E-state index is 0.00129. The first-order chi connectivity index (χ1) is 11.5. The van der Waals surface area contributed by atoms with Crippen molar-refractivity contribution in [2.24, 2.45) is 0 Å². The van der Waals surface area contributed by atoms with Crippen molar-refractivity contribution in [1.82, 2.24) is 15.0 Å². The lowest BCUT2D eigenvalue weighted by Gasteiger charge is -2.12. The van der Waals surface area contributed by atoms with E-state index in [-0.39, 0.29) is 22.9 Å². The summed E-state index contributed by atoms with van der Waals surface area (Å²) >= 11 is 0. The molecule has 0 aliphatic carbocycles. The summed E-state index contributed by atoms with van der Waals surface area (Å²) in [6.07, 6.45) is 3.18. The molecule has 7 nitrogen and oxygen atoms in total. The molecule has 8 heteroatoms. The largest absolute Gasteiger partial charge is 0.496 e. The van der Waals surface area contributed by atoms with Crippen molar-refractivity contribution >= 4 is 15.9 Å². The van der Waals surface area contributed by atoms with Gasteiger partial charge in [0.15, 0.2) is 0 Å². The van der Waals surface area contributed by atoms with Crippen molar-refractivity contribution in [2.75, 3.05) is 13.7 Å². The molecule has 2 N–H and O–H groups in total. The molecule has 1 heterocycles. The summed E-state index contributed by atoms with van der Waals surface area (Å²) in [6, 6.07) is 7.61. The average Bonchev–Trinajstić information content (AvgIpc) is 2.60. The number of nitrogens with zero attached hydrogens (tertiary/aromatic N) is 1. The topological polar surface area (TPSA) is 97.4 Å². The Morgan fingerprint density at radius 1 is 1.21 bits per heavy atom. The van der Waals surface area contributed by atoms with Crippen LogP contribution in [0.3, 0.4) is 0 Å². The fraction of sp³-hybridized carbons (Fsp3) is 0.250. The van der Waals surface area contributed by atoms with Crippen LogP contribution < -0.4 is 14.8 Å². The molecule has 0 aliphatic rings. The molecule has 0 saturated heterocycles. The number of methoxy groups -OCH3 is 1. The van der Waals surface area contributed by atoms with Crippen LogP contribution in [-0.4, -0.2) is 33.0 Å². The maximum Gasteiger partial charge on any atom is 0.255 e. The van der Waals surface area contributed by atoms with E-state index in [1.807, 2.05) is 0 Å². The molecule has 0 fully saturated rings. The molecule has 0 atom stereocenters. The van der Waals surface area contributed by atoms with Crippen molar-refractivity contribution < 1.29 is 17.9 Å². The highest BCUT2D eigenvalue weighted by Crippen LogP contribution is 2.22. The second-order valence-corrected chi connectivity index (χ2v) is 6.67. The highest BCUT2D eigenvalue weighted by Gasteiger charge is 2.19. The van der Waals surface area contributed by atoms with Crippen LogP contribution >= 0.6 is 0 Å². The summed E-state index contributed by atoms with van der Waals surface area (Å²) < 4.78 is 32.5. The molecule has 0 spiro atoms. The molecule has 1 aromatic heterocycles. The van der Waals surface area contributed by atoms with E-state index in [2.05, 4.69) is 15.0 Å². The SMILES string of the molecule is CCNC(=O)c1cc(S(=O)(=O)NCc2ccncc2)ccc1OC. The maximum atomic E-state index is 12.4. The van der Waals surface area contributed by atoms with Gasteiger partial charge in [-0.3, -0.25) is 9.78 Å². The standard InChI is InChI=1S/C16H19N3O4S/c1-3-18-16(20)14-10-13(4-5-15(14)23-2)24(21,22)19-11-12-6-8-17-9-7-12/h4-10,19H,3,11H2,1-2H3,(H,18,20). The van der Waals surface area contributed by atoms with Gasteiger partial charge in [-0.15, -0.1) is 0 Å². The lowest BCUT2D eigenvalue weighted by molar-refractivity contribution is 0.0952. The van der Waals surface area contributed by atoms with E-state index in [4.69, 9.17) is 4.74 Å². The molecule has 0 saturated carbocycles. The number of benzene rings is 1. The van der Waals surface area contributed by atoms with Gasteiger partial charge in [-0.25, -0.2) is 13.1 Å². The summed E-state index contributed by atoms with van der Waals surface area (Å²) in [7, 11) is -2.34. The summed E-state index contributed by atoms with van der Waals surface area (Å²) in [4.78, 5) is 15.9. The smallest absolute Gasteiger partial charge is 0.255 e. The summed E-state index contributed by atoms with van der Waals surface area (Å²) in [6.45, 7) is 2.34. The molecule has 128 valence electrons. The molecule has 2 aromatic rings. The van der Waals surface area contributed by atoms with E-state index in [0.29, 0.717) is 12.3 Å². The Bertz CT molecular complexity index is 807. The van der Waals surface area contributed by atoms with Gasteiger partial charge in [-0.1, -0.05) is 0 Å². The second kappa shape index (κ2) is 7.89. The number of amides is 1. The van der Waals surface area contributed by atoms with Gasteiger partial charge in [0.1, 0.15) is 5.75 Å². The Kier molecular flexibility index (Phi) is 5.88. The Morgan fingerprint density at radius 2 is 1.92 bits per heavy atom. The van der Waals surface area contributed by atoms with Crippen molar-refractivity contribution in [2.45, 2.75) is 18.4 Å². The van der Waals surface area contributed by atoms with Crippen molar-refractivity contribution in [3.8, 4) is 5.75 Å². The molecule has 0 aliphatic heterocycles. The van der Waals surface area contributed by atoms with Gasteiger partial charge in [-0.05, 0) is 42.8 Å². The molecular weight excluding hydrogens is 330 g/mol. The van der Waals surface area contributed by atoms with Gasteiger partial charge in [0.25, 0.3) is 5.91 Å². The lowest BCUT2D eigenvalue weighted by atomic mass is 10.2. The molecule has 1 aromatic carbocycles. The van der Waals surface area contributed by atoms with Gasteiger partial charge in [0.2, 0.25) is 10.0 Å². The molecule has 1 amide bonds. The third-order valence-electron chi connectivity index (χ3n) is 3.28. The van der Waals surface area contributed by atoms with Crippen LogP contribution in [0.4, 0.5) is 0 Å². The van der Waals surface area contributed by atoms with Crippen LogP contribution in [0.2, 0.25) is 0 Å². The number of rotatable bonds is 7. The number of carbonyl (C=O) groups is 1. The minimum Gasteiger partial charge on any atom is -0.496 e. The van der Waals surface area contributed by atoms with E-state index in [1.54, 1.807) is 31.5 Å². The van der Waals surface area contributed by atoms with Crippen LogP contribution in [-0.2, 0) is 16.6 Å². The Morgan fingerprint density at radius 3 is 2.54 bits per heavy atom. The molecule has 2 rings (SSSR count). The monoisotopic (exact) mass is 349 g/mol. The normalized spacial score (nSPS) is 11.1. The van der Waals surface area contributed by atoms with Gasteiger partial charge in [-0.2, -0.15) is 0 Å². The van der Waals surface area contributed by atoms with Crippen LogP contribution in [0, 0.1) is 0 Å². The number of sulfonamides is 1. The van der Waals surface area contributed by atoms with E-state index in [1.165, 1.54) is 25.3 Å². The van der Waals surface area contributed by atoms with E-state index < -0.39 is 10.0 Å². The minimum atomic E-state index is -3.76. The average molecular weight is 349 g/mol. The number of pyridine rings is 1. The predicted molar refractivity (Wildman–Crippen MR) is 89.3 cm³/mol. The van der Waals surface area contributed by atoms with E-state index in [0.717, 1.165) is 5.56 Å². The fourth-order valence-corrected chi connectivity index (χ4v) is 3.09. The molecule has 0 radical (unpaired) electrons. The zero-order valence-electron chi connectivity index (χ0n) is 13.4. The van der Waals surface area contributed by atoms with Crippen LogP contribution in [0.15, 0.2) is 47.6 Å². The van der Waals surface area contributed by atoms with Crippen molar-refractivity contribution in [3.05, 3.63) is 53.9 Å². The van der Waals surface area contributed by atoms with Crippen LogP contribution in [0.1, 0.15) is 22.8 Å². The third-order valence-corrected chi connectivity index (χ3v) is 4.68. The number of hydrogen-bond acceptors (Lipinski definition) is 5. The zero-order valence-corrected chi connectivity index (χ0v) is 14.3. The number of carbonyl (C=O) groups excluding carboxylic acids is 1. The van der Waals surface area contributed by atoms with Crippen LogP contribution in [0.25, 0.3) is 0 Å². The number of hydrogen-bond donors (Lipinski definition) is 2. The number of nitrogens with one attached hydrogen (secondary N) is 2. The summed E-state index contributed by atoms with van der Waals surface area (Å²) in [5.74, 6) is -0.0745. The summed E-state index contributed by atoms with van der Waals surface area (Å²) in [5.41, 5.74) is 0.956. The lowest BCUT2D eigenvalue weighted by Crippen LogP contribution is -2.26. The van der Waals surface area contributed by atoms with Crippen LogP contribution in [0.5, 0.6) is 5.75 Å². The molecule has 0 bridgehead atoms. The van der Waals surface area contributed by atoms with Crippen molar-refractivity contribution in [3.63, 3.8) is 0 Å².